The first kappa shape index (κ1) is 18.7. The number of ether oxygens (including phenoxy) is 1. The van der Waals surface area contributed by atoms with Gasteiger partial charge in [0.2, 0.25) is 0 Å². The van der Waals surface area contributed by atoms with Gasteiger partial charge in [0.05, 0.1) is 6.54 Å². The van der Waals surface area contributed by atoms with Crippen LogP contribution in [-0.2, 0) is 0 Å². The largest absolute Gasteiger partial charge is 0.489 e. The van der Waals surface area contributed by atoms with Crippen LogP contribution in [0, 0.1) is 0 Å². The highest BCUT2D eigenvalue weighted by Crippen LogP contribution is 2.10. The SMILES string of the molecule is CCNC(=NCC(C)Oc1ccccc1)NCCCCSC. The number of benzene rings is 1. The Hall–Kier alpha value is -1.36. The van der Waals surface area contributed by atoms with Crippen LogP contribution in [-0.4, -0.2) is 43.7 Å². The van der Waals surface area contributed by atoms with Gasteiger partial charge in [0.25, 0.3) is 0 Å². The number of thioether (sulfide) groups is 1. The Balaban J connectivity index is 2.33. The Labute approximate surface area is 139 Å². The number of guanidine groups is 1. The minimum Gasteiger partial charge on any atom is -0.489 e. The van der Waals surface area contributed by atoms with Gasteiger partial charge in [0.1, 0.15) is 11.9 Å². The van der Waals surface area contributed by atoms with E-state index in [1.54, 1.807) is 0 Å². The first-order valence-corrected chi connectivity index (χ1v) is 9.38. The van der Waals surface area contributed by atoms with Crippen molar-refractivity contribution in [3.8, 4) is 5.75 Å². The lowest BCUT2D eigenvalue weighted by Crippen LogP contribution is -2.38. The van der Waals surface area contributed by atoms with Gasteiger partial charge in [-0.25, -0.2) is 4.99 Å². The Kier molecular flexibility index (Phi) is 10.4. The Morgan fingerprint density at radius 3 is 2.68 bits per heavy atom. The molecule has 1 aromatic rings. The van der Waals surface area contributed by atoms with Crippen LogP contribution in [0.5, 0.6) is 5.75 Å². The van der Waals surface area contributed by atoms with Crippen molar-refractivity contribution in [3.63, 3.8) is 0 Å². The molecule has 0 saturated heterocycles. The molecule has 0 aromatic heterocycles. The smallest absolute Gasteiger partial charge is 0.191 e. The molecule has 4 nitrogen and oxygen atoms in total. The molecule has 0 aliphatic carbocycles. The first-order chi connectivity index (χ1) is 10.8. The molecule has 0 radical (unpaired) electrons. The van der Waals surface area contributed by atoms with Crippen LogP contribution in [0.1, 0.15) is 26.7 Å². The molecule has 0 heterocycles. The summed E-state index contributed by atoms with van der Waals surface area (Å²) in [5.41, 5.74) is 0. The summed E-state index contributed by atoms with van der Waals surface area (Å²) >= 11 is 1.90. The summed E-state index contributed by atoms with van der Waals surface area (Å²) in [6.07, 6.45) is 4.60. The summed E-state index contributed by atoms with van der Waals surface area (Å²) in [6.45, 7) is 6.58. The van der Waals surface area contributed by atoms with Crippen molar-refractivity contribution in [2.45, 2.75) is 32.8 Å². The minimum atomic E-state index is 0.0503. The Morgan fingerprint density at radius 1 is 1.23 bits per heavy atom. The summed E-state index contributed by atoms with van der Waals surface area (Å²) in [5.74, 6) is 2.98. The van der Waals surface area contributed by atoms with E-state index >= 15 is 0 Å². The fraction of sp³-hybridized carbons (Fsp3) is 0.588. The van der Waals surface area contributed by atoms with E-state index in [9.17, 15) is 0 Å². The molecule has 0 bridgehead atoms. The predicted octanol–water partition coefficient (Wildman–Crippen LogP) is 3.15. The van der Waals surface area contributed by atoms with Crippen LogP contribution in [0.2, 0.25) is 0 Å². The van der Waals surface area contributed by atoms with Gasteiger partial charge >= 0.3 is 0 Å². The summed E-state index contributed by atoms with van der Waals surface area (Å²) in [6, 6.07) is 9.88. The van der Waals surface area contributed by atoms with Crippen molar-refractivity contribution in [1.82, 2.24) is 10.6 Å². The second-order valence-electron chi connectivity index (χ2n) is 5.09. The van der Waals surface area contributed by atoms with Gasteiger partial charge in [-0.15, -0.1) is 0 Å². The molecule has 0 spiro atoms. The summed E-state index contributed by atoms with van der Waals surface area (Å²) < 4.78 is 5.84. The molecule has 0 aliphatic heterocycles. The van der Waals surface area contributed by atoms with Gasteiger partial charge in [-0.1, -0.05) is 18.2 Å². The number of aliphatic imine (C=N–C) groups is 1. The normalized spacial score (nSPS) is 12.8. The summed E-state index contributed by atoms with van der Waals surface area (Å²) in [5, 5.41) is 6.64. The van der Waals surface area contributed by atoms with Crippen molar-refractivity contribution < 1.29 is 4.74 Å². The second kappa shape index (κ2) is 12.2. The standard InChI is InChI=1S/C17H29N3OS/c1-4-18-17(19-12-8-9-13-22-3)20-14-15(2)21-16-10-6-5-7-11-16/h5-7,10-11,15H,4,8-9,12-14H2,1-3H3,(H2,18,19,20). The number of para-hydroxylation sites is 1. The molecule has 0 saturated carbocycles. The maximum absolute atomic E-state index is 5.84. The van der Waals surface area contributed by atoms with Crippen LogP contribution in [0.3, 0.4) is 0 Å². The van der Waals surface area contributed by atoms with E-state index in [0.717, 1.165) is 24.8 Å². The average Bonchev–Trinajstić information content (AvgIpc) is 2.53. The van der Waals surface area contributed by atoms with Crippen LogP contribution in [0.4, 0.5) is 0 Å². The highest BCUT2D eigenvalue weighted by Gasteiger charge is 2.04. The second-order valence-corrected chi connectivity index (χ2v) is 6.07. The van der Waals surface area contributed by atoms with Gasteiger partial charge in [0.15, 0.2) is 5.96 Å². The van der Waals surface area contributed by atoms with Gasteiger partial charge in [-0.2, -0.15) is 11.8 Å². The molecule has 2 N–H and O–H groups in total. The van der Waals surface area contributed by atoms with E-state index in [1.807, 2.05) is 49.0 Å². The molecule has 1 atom stereocenters. The molecule has 1 aromatic carbocycles. The molecular weight excluding hydrogens is 294 g/mol. The monoisotopic (exact) mass is 323 g/mol. The predicted molar refractivity (Wildman–Crippen MR) is 98.1 cm³/mol. The number of hydrogen-bond donors (Lipinski definition) is 2. The van der Waals surface area contributed by atoms with Crippen molar-refractivity contribution in [2.24, 2.45) is 4.99 Å². The Bertz CT molecular complexity index is 412. The van der Waals surface area contributed by atoms with Gasteiger partial charge in [-0.05, 0) is 50.8 Å². The topological polar surface area (TPSA) is 45.7 Å². The fourth-order valence-corrected chi connectivity index (χ4v) is 2.40. The number of hydrogen-bond acceptors (Lipinski definition) is 3. The van der Waals surface area contributed by atoms with Gasteiger partial charge in [-0.3, -0.25) is 0 Å². The molecule has 124 valence electrons. The fourth-order valence-electron chi connectivity index (χ4n) is 1.91. The molecule has 5 heteroatoms. The highest BCUT2D eigenvalue weighted by molar-refractivity contribution is 7.98. The summed E-state index contributed by atoms with van der Waals surface area (Å²) in [4.78, 5) is 4.59. The third kappa shape index (κ3) is 8.82. The van der Waals surface area contributed by atoms with E-state index in [-0.39, 0.29) is 6.10 Å². The molecular formula is C17H29N3OS. The zero-order valence-electron chi connectivity index (χ0n) is 14.0. The van der Waals surface area contributed by atoms with Crippen LogP contribution in [0.25, 0.3) is 0 Å². The maximum Gasteiger partial charge on any atom is 0.191 e. The van der Waals surface area contributed by atoms with Crippen molar-refractivity contribution in [1.29, 1.82) is 0 Å². The third-order valence-corrected chi connectivity index (χ3v) is 3.70. The number of nitrogens with one attached hydrogen (secondary N) is 2. The third-order valence-electron chi connectivity index (χ3n) is 3.00. The average molecular weight is 324 g/mol. The molecule has 1 rings (SSSR count). The van der Waals surface area contributed by atoms with E-state index in [2.05, 4.69) is 28.8 Å². The zero-order valence-corrected chi connectivity index (χ0v) is 14.8. The quantitative estimate of drug-likeness (QED) is 0.394. The molecule has 0 fully saturated rings. The lowest BCUT2D eigenvalue weighted by atomic mass is 10.3. The van der Waals surface area contributed by atoms with E-state index < -0.39 is 0 Å². The lowest BCUT2D eigenvalue weighted by Gasteiger charge is -2.15. The number of unbranched alkanes of at least 4 members (excludes halogenated alkanes) is 1. The van der Waals surface area contributed by atoms with E-state index in [0.29, 0.717) is 6.54 Å². The molecule has 0 aliphatic rings. The van der Waals surface area contributed by atoms with Crippen LogP contribution in [0.15, 0.2) is 35.3 Å². The minimum absolute atomic E-state index is 0.0503. The van der Waals surface area contributed by atoms with E-state index in [4.69, 9.17) is 4.74 Å². The number of nitrogens with zero attached hydrogens (tertiary/aromatic N) is 1. The Morgan fingerprint density at radius 2 is 2.00 bits per heavy atom. The van der Waals surface area contributed by atoms with Crippen molar-refractivity contribution >= 4 is 17.7 Å². The van der Waals surface area contributed by atoms with Gasteiger partial charge < -0.3 is 15.4 Å². The highest BCUT2D eigenvalue weighted by atomic mass is 32.2. The zero-order chi connectivity index (χ0) is 16.0. The molecule has 22 heavy (non-hydrogen) atoms. The lowest BCUT2D eigenvalue weighted by molar-refractivity contribution is 0.230. The van der Waals surface area contributed by atoms with Crippen LogP contribution >= 0.6 is 11.8 Å². The maximum atomic E-state index is 5.84. The molecule has 0 amide bonds. The van der Waals surface area contributed by atoms with Crippen molar-refractivity contribution in [2.75, 3.05) is 31.6 Å². The van der Waals surface area contributed by atoms with E-state index in [1.165, 1.54) is 18.6 Å². The first-order valence-electron chi connectivity index (χ1n) is 7.99. The summed E-state index contributed by atoms with van der Waals surface area (Å²) in [7, 11) is 0. The number of rotatable bonds is 10. The van der Waals surface area contributed by atoms with Crippen molar-refractivity contribution in [3.05, 3.63) is 30.3 Å². The van der Waals surface area contributed by atoms with Crippen LogP contribution < -0.4 is 15.4 Å². The van der Waals surface area contributed by atoms with Gasteiger partial charge in [0, 0.05) is 13.1 Å². The molecule has 1 unspecified atom stereocenters.